The van der Waals surface area contributed by atoms with Crippen LogP contribution >= 0.6 is 0 Å². The third-order valence-corrected chi connectivity index (χ3v) is 5.58. The molecule has 180 valence electrons. The van der Waals surface area contributed by atoms with E-state index in [0.29, 0.717) is 45.6 Å². The van der Waals surface area contributed by atoms with Gasteiger partial charge in [-0.2, -0.15) is 0 Å². The first-order valence-corrected chi connectivity index (χ1v) is 11.4. The number of nitrogens with zero attached hydrogens (tertiary/aromatic N) is 1. The predicted molar refractivity (Wildman–Crippen MR) is 128 cm³/mol. The van der Waals surface area contributed by atoms with Gasteiger partial charge in [0, 0.05) is 31.6 Å². The highest BCUT2D eigenvalue weighted by molar-refractivity contribution is 5.88. The van der Waals surface area contributed by atoms with Crippen molar-refractivity contribution in [2.45, 2.75) is 31.3 Å². The van der Waals surface area contributed by atoms with Gasteiger partial charge in [0.05, 0.1) is 13.2 Å². The Morgan fingerprint density at radius 3 is 2.18 bits per heavy atom. The number of aryl methyl sites for hydroxylation is 1. The molecule has 0 saturated carbocycles. The zero-order valence-electron chi connectivity index (χ0n) is 19.1. The average Bonchev–Trinajstić information content (AvgIpc) is 2.86. The van der Waals surface area contributed by atoms with Gasteiger partial charge in [-0.15, -0.1) is 0 Å². The van der Waals surface area contributed by atoms with Crippen LogP contribution in [-0.2, 0) is 27.2 Å². The first-order chi connectivity index (χ1) is 16.5. The van der Waals surface area contributed by atoms with Gasteiger partial charge in [0.2, 0.25) is 5.91 Å². The molecule has 2 aromatic rings. The molecular weight excluding hydrogens is 434 g/mol. The van der Waals surface area contributed by atoms with Gasteiger partial charge in [0.15, 0.2) is 0 Å². The Kier molecular flexibility index (Phi) is 9.66. The largest absolute Gasteiger partial charge is 0.478 e. The summed E-state index contributed by atoms with van der Waals surface area (Å²) < 4.78 is 5.30. The predicted octanol–water partition coefficient (Wildman–Crippen LogP) is 2.40. The molecule has 8 heteroatoms. The van der Waals surface area contributed by atoms with Crippen LogP contribution in [0.1, 0.15) is 17.5 Å². The lowest BCUT2D eigenvalue weighted by Crippen LogP contribution is -2.55. The molecule has 0 spiro atoms. The fraction of sp³-hybridized carbons (Fsp3) is 0.346. The summed E-state index contributed by atoms with van der Waals surface area (Å²) in [5.74, 6) is -1.45. The van der Waals surface area contributed by atoms with Crippen LogP contribution < -0.4 is 10.6 Å². The lowest BCUT2D eigenvalue weighted by Gasteiger charge is -2.29. The van der Waals surface area contributed by atoms with Crippen LogP contribution in [0.3, 0.4) is 0 Å². The lowest BCUT2D eigenvalue weighted by molar-refractivity contribution is -0.131. The van der Waals surface area contributed by atoms with Gasteiger partial charge in [-0.05, 0) is 24.0 Å². The molecule has 1 saturated heterocycles. The van der Waals surface area contributed by atoms with E-state index in [4.69, 9.17) is 9.84 Å². The van der Waals surface area contributed by atoms with Crippen LogP contribution in [0.25, 0.3) is 0 Å². The van der Waals surface area contributed by atoms with E-state index in [1.807, 2.05) is 60.7 Å². The molecule has 0 bridgehead atoms. The van der Waals surface area contributed by atoms with Gasteiger partial charge in [-0.25, -0.2) is 9.59 Å². The summed E-state index contributed by atoms with van der Waals surface area (Å²) in [6.07, 6.45) is 4.02. The molecule has 3 N–H and O–H groups in total. The highest BCUT2D eigenvalue weighted by Gasteiger charge is 2.26. The number of hydrogen-bond acceptors (Lipinski definition) is 4. The van der Waals surface area contributed by atoms with Crippen molar-refractivity contribution in [2.75, 3.05) is 26.3 Å². The molecule has 2 atom stereocenters. The van der Waals surface area contributed by atoms with Crippen LogP contribution in [0, 0.1) is 0 Å². The molecule has 2 aromatic carbocycles. The van der Waals surface area contributed by atoms with Gasteiger partial charge >= 0.3 is 12.0 Å². The van der Waals surface area contributed by atoms with Gasteiger partial charge in [0.1, 0.15) is 6.04 Å². The van der Waals surface area contributed by atoms with Gasteiger partial charge in [-0.1, -0.05) is 66.7 Å². The highest BCUT2D eigenvalue weighted by Crippen LogP contribution is 2.09. The third kappa shape index (κ3) is 8.37. The van der Waals surface area contributed by atoms with Crippen LogP contribution in [0.4, 0.5) is 4.79 Å². The average molecular weight is 466 g/mol. The molecule has 1 heterocycles. The molecule has 0 aromatic heterocycles. The Balaban J connectivity index is 1.71. The number of amides is 3. The molecule has 3 amide bonds. The lowest BCUT2D eigenvalue weighted by atomic mass is 10.0. The van der Waals surface area contributed by atoms with E-state index in [-0.39, 0.29) is 11.9 Å². The number of carboxylic acids is 1. The summed E-state index contributed by atoms with van der Waals surface area (Å²) in [6.45, 7) is 1.86. The quantitative estimate of drug-likeness (QED) is 0.467. The number of carbonyl (C=O) groups excluding carboxylic acids is 2. The minimum atomic E-state index is -1.08. The van der Waals surface area contributed by atoms with Gasteiger partial charge in [0.25, 0.3) is 0 Å². The highest BCUT2D eigenvalue weighted by atomic mass is 16.5. The second-order valence-electron chi connectivity index (χ2n) is 8.13. The van der Waals surface area contributed by atoms with Crippen LogP contribution in [0.5, 0.6) is 0 Å². The van der Waals surface area contributed by atoms with E-state index in [1.165, 1.54) is 6.08 Å². The number of nitrogens with one attached hydrogen (secondary N) is 2. The van der Waals surface area contributed by atoms with E-state index < -0.39 is 18.1 Å². The van der Waals surface area contributed by atoms with Crippen molar-refractivity contribution in [3.63, 3.8) is 0 Å². The molecule has 1 aliphatic heterocycles. The number of urea groups is 1. The number of carbonyl (C=O) groups is 3. The van der Waals surface area contributed by atoms with Crippen LogP contribution in [0.2, 0.25) is 0 Å². The number of carboxylic acid groups (broad SMARTS) is 1. The Morgan fingerprint density at radius 1 is 0.941 bits per heavy atom. The second kappa shape index (κ2) is 13.2. The van der Waals surface area contributed by atoms with Crippen molar-refractivity contribution in [3.8, 4) is 0 Å². The SMILES string of the molecule is O=C(O)C=CC(CCc1ccccc1)NC(=O)C(Cc1ccccc1)NC(=O)N1CCOCC1. The molecule has 1 aliphatic rings. The molecule has 8 nitrogen and oxygen atoms in total. The maximum atomic E-state index is 13.3. The summed E-state index contributed by atoms with van der Waals surface area (Å²) in [4.78, 5) is 38.8. The minimum Gasteiger partial charge on any atom is -0.478 e. The topological polar surface area (TPSA) is 108 Å². The number of aliphatic carboxylic acids is 1. The first-order valence-electron chi connectivity index (χ1n) is 11.4. The molecule has 3 rings (SSSR count). The number of hydrogen-bond donors (Lipinski definition) is 3. The number of benzene rings is 2. The molecule has 1 fully saturated rings. The van der Waals surface area contributed by atoms with Crippen molar-refractivity contribution in [1.29, 1.82) is 0 Å². The van der Waals surface area contributed by atoms with E-state index in [1.54, 1.807) is 4.90 Å². The first kappa shape index (κ1) is 25.0. The maximum Gasteiger partial charge on any atom is 0.328 e. The van der Waals surface area contributed by atoms with Crippen molar-refractivity contribution < 1.29 is 24.2 Å². The minimum absolute atomic E-state index is 0.316. The van der Waals surface area contributed by atoms with Gasteiger partial charge in [-0.3, -0.25) is 4.79 Å². The van der Waals surface area contributed by atoms with Crippen LogP contribution in [0.15, 0.2) is 72.8 Å². The Morgan fingerprint density at radius 2 is 1.56 bits per heavy atom. The molecular formula is C26H31N3O5. The summed E-state index contributed by atoms with van der Waals surface area (Å²) in [5.41, 5.74) is 2.00. The van der Waals surface area contributed by atoms with E-state index in [2.05, 4.69) is 10.6 Å². The monoisotopic (exact) mass is 465 g/mol. The van der Waals surface area contributed by atoms with Gasteiger partial charge < -0.3 is 25.4 Å². The zero-order chi connectivity index (χ0) is 24.2. The Labute approximate surface area is 199 Å². The zero-order valence-corrected chi connectivity index (χ0v) is 19.1. The van der Waals surface area contributed by atoms with Crippen LogP contribution in [-0.4, -0.2) is 66.3 Å². The van der Waals surface area contributed by atoms with Crippen molar-refractivity contribution in [3.05, 3.63) is 83.9 Å². The van der Waals surface area contributed by atoms with E-state index in [0.717, 1.165) is 17.2 Å². The fourth-order valence-electron chi connectivity index (χ4n) is 3.73. The second-order valence-corrected chi connectivity index (χ2v) is 8.13. The van der Waals surface area contributed by atoms with Crippen molar-refractivity contribution in [1.82, 2.24) is 15.5 Å². The van der Waals surface area contributed by atoms with Crippen molar-refractivity contribution in [2.24, 2.45) is 0 Å². The van der Waals surface area contributed by atoms with Crippen molar-refractivity contribution >= 4 is 17.9 Å². The third-order valence-electron chi connectivity index (χ3n) is 5.58. The fourth-order valence-corrected chi connectivity index (χ4v) is 3.73. The standard InChI is InChI=1S/C26H31N3O5/c30-24(31)14-13-22(12-11-20-7-3-1-4-8-20)27-25(32)23(19-21-9-5-2-6-10-21)28-26(33)29-15-17-34-18-16-29/h1-10,13-14,22-23H,11-12,15-19H2,(H,27,32)(H,28,33)(H,30,31). The normalized spacial score (nSPS) is 15.5. The van der Waals surface area contributed by atoms with E-state index in [9.17, 15) is 14.4 Å². The molecule has 34 heavy (non-hydrogen) atoms. The Bertz CT molecular complexity index is 959. The summed E-state index contributed by atoms with van der Waals surface area (Å²) in [7, 11) is 0. The number of rotatable bonds is 10. The number of morpholine rings is 1. The summed E-state index contributed by atoms with van der Waals surface area (Å²) >= 11 is 0. The maximum absolute atomic E-state index is 13.3. The molecule has 0 radical (unpaired) electrons. The summed E-state index contributed by atoms with van der Waals surface area (Å²) in [6, 6.07) is 17.6. The Hall–Kier alpha value is -3.65. The molecule has 0 aliphatic carbocycles. The molecule has 2 unspecified atom stereocenters. The number of ether oxygens (including phenoxy) is 1. The van der Waals surface area contributed by atoms with E-state index >= 15 is 0 Å². The summed E-state index contributed by atoms with van der Waals surface area (Å²) in [5, 5.41) is 14.9. The smallest absolute Gasteiger partial charge is 0.328 e.